The lowest BCUT2D eigenvalue weighted by molar-refractivity contribution is -0.155. The van der Waals surface area contributed by atoms with E-state index in [2.05, 4.69) is 11.0 Å². The van der Waals surface area contributed by atoms with E-state index in [1.54, 1.807) is 0 Å². The molecule has 2 aliphatic heterocycles. The van der Waals surface area contributed by atoms with Gasteiger partial charge < -0.3 is 19.1 Å². The predicted octanol–water partition coefficient (Wildman–Crippen LogP) is 4.94. The second-order valence-corrected chi connectivity index (χ2v) is 9.32. The molecule has 2 heterocycles. The summed E-state index contributed by atoms with van der Waals surface area (Å²) in [7, 11) is 0. The third-order valence-electron chi connectivity index (χ3n) is 5.87. The molecule has 0 saturated carbocycles. The van der Waals surface area contributed by atoms with Crippen molar-refractivity contribution in [3.05, 3.63) is 54.1 Å². The molecule has 1 spiro atoms. The molecule has 0 unspecified atom stereocenters. The van der Waals surface area contributed by atoms with Crippen LogP contribution in [0.1, 0.15) is 45.6 Å². The summed E-state index contributed by atoms with van der Waals surface area (Å²) in [4.78, 5) is 14.4. The van der Waals surface area contributed by atoms with E-state index >= 15 is 0 Å². The molecule has 5 heteroatoms. The number of carbonyl (C=O) groups excluding carboxylic acids is 1. The standard InChI is InChI=1S/C25H31NO4/c1-24(2,3)30-23(27)11-14-26-15-12-25(13-16-26)18-28-22-17-20(9-10-21(22)25)29-19-7-5-4-6-8-19/h4-10,17H,11-16,18H2,1-3H3. The van der Waals surface area contributed by atoms with E-state index in [-0.39, 0.29) is 11.4 Å². The molecular weight excluding hydrogens is 378 g/mol. The van der Waals surface area contributed by atoms with Gasteiger partial charge in [0.1, 0.15) is 22.8 Å². The van der Waals surface area contributed by atoms with Crippen LogP contribution in [-0.2, 0) is 14.9 Å². The van der Waals surface area contributed by atoms with E-state index in [1.807, 2.05) is 63.2 Å². The van der Waals surface area contributed by atoms with Crippen molar-refractivity contribution in [2.24, 2.45) is 0 Å². The minimum atomic E-state index is -0.420. The molecule has 4 rings (SSSR count). The molecule has 2 aliphatic rings. The second-order valence-electron chi connectivity index (χ2n) is 9.32. The van der Waals surface area contributed by atoms with Crippen LogP contribution in [0.15, 0.2) is 48.5 Å². The van der Waals surface area contributed by atoms with E-state index in [4.69, 9.17) is 14.2 Å². The van der Waals surface area contributed by atoms with Crippen LogP contribution in [0.4, 0.5) is 0 Å². The van der Waals surface area contributed by atoms with Gasteiger partial charge in [0, 0.05) is 23.6 Å². The van der Waals surface area contributed by atoms with Gasteiger partial charge in [0.25, 0.3) is 0 Å². The lowest BCUT2D eigenvalue weighted by atomic mass is 9.74. The number of carbonyl (C=O) groups is 1. The highest BCUT2D eigenvalue weighted by Crippen LogP contribution is 2.47. The van der Waals surface area contributed by atoms with Gasteiger partial charge in [-0.15, -0.1) is 0 Å². The van der Waals surface area contributed by atoms with Crippen LogP contribution >= 0.6 is 0 Å². The van der Waals surface area contributed by atoms with Gasteiger partial charge in [-0.1, -0.05) is 24.3 Å². The van der Waals surface area contributed by atoms with E-state index in [1.165, 1.54) is 5.56 Å². The zero-order valence-corrected chi connectivity index (χ0v) is 18.1. The molecule has 160 valence electrons. The first-order chi connectivity index (χ1) is 14.3. The van der Waals surface area contributed by atoms with E-state index < -0.39 is 5.60 Å². The summed E-state index contributed by atoms with van der Waals surface area (Å²) in [6, 6.07) is 16.0. The molecule has 0 radical (unpaired) electrons. The van der Waals surface area contributed by atoms with Crippen LogP contribution in [0, 0.1) is 0 Å². The first-order valence-electron chi connectivity index (χ1n) is 10.8. The Balaban J connectivity index is 1.34. The number of hydrogen-bond acceptors (Lipinski definition) is 5. The number of likely N-dealkylation sites (tertiary alicyclic amines) is 1. The highest BCUT2D eigenvalue weighted by Gasteiger charge is 2.43. The fourth-order valence-electron chi connectivity index (χ4n) is 4.30. The number of hydrogen-bond donors (Lipinski definition) is 0. The molecule has 1 saturated heterocycles. The average Bonchev–Trinajstić information content (AvgIpc) is 3.05. The summed E-state index contributed by atoms with van der Waals surface area (Å²) in [6.45, 7) is 9.12. The van der Waals surface area contributed by atoms with Crippen molar-refractivity contribution in [2.45, 2.75) is 51.0 Å². The number of nitrogens with zero attached hydrogens (tertiary/aromatic N) is 1. The SMILES string of the molecule is CC(C)(C)OC(=O)CCN1CCC2(CC1)COc1cc(Oc3ccccc3)ccc12. The van der Waals surface area contributed by atoms with Gasteiger partial charge in [-0.05, 0) is 64.9 Å². The quantitative estimate of drug-likeness (QED) is 0.655. The van der Waals surface area contributed by atoms with Crippen molar-refractivity contribution in [3.8, 4) is 17.2 Å². The van der Waals surface area contributed by atoms with Crippen LogP contribution in [0.2, 0.25) is 0 Å². The Morgan fingerprint density at radius 2 is 1.80 bits per heavy atom. The normalized spacial score (nSPS) is 18.0. The molecule has 0 amide bonds. The van der Waals surface area contributed by atoms with Crippen molar-refractivity contribution in [1.82, 2.24) is 4.90 Å². The monoisotopic (exact) mass is 409 g/mol. The molecule has 0 N–H and O–H groups in total. The summed E-state index contributed by atoms with van der Waals surface area (Å²) in [5.41, 5.74) is 0.940. The summed E-state index contributed by atoms with van der Waals surface area (Å²) >= 11 is 0. The topological polar surface area (TPSA) is 48.0 Å². The molecule has 0 bridgehead atoms. The third kappa shape index (κ3) is 4.78. The van der Waals surface area contributed by atoms with Gasteiger partial charge in [-0.25, -0.2) is 0 Å². The Bertz CT molecular complexity index is 880. The minimum absolute atomic E-state index is 0.0724. The maximum absolute atomic E-state index is 12.0. The van der Waals surface area contributed by atoms with Crippen LogP contribution in [0.3, 0.4) is 0 Å². The number of fused-ring (bicyclic) bond motifs is 2. The zero-order valence-electron chi connectivity index (χ0n) is 18.1. The number of para-hydroxylation sites is 1. The van der Waals surface area contributed by atoms with E-state index in [9.17, 15) is 4.79 Å². The molecule has 0 aromatic heterocycles. The number of piperidine rings is 1. The van der Waals surface area contributed by atoms with Gasteiger partial charge in [-0.2, -0.15) is 0 Å². The molecule has 1 fully saturated rings. The van der Waals surface area contributed by atoms with Crippen molar-refractivity contribution in [3.63, 3.8) is 0 Å². The van der Waals surface area contributed by atoms with Crippen molar-refractivity contribution >= 4 is 5.97 Å². The molecule has 2 aromatic rings. The number of ether oxygens (including phenoxy) is 3. The first kappa shape index (κ1) is 20.7. The van der Waals surface area contributed by atoms with Crippen molar-refractivity contribution < 1.29 is 19.0 Å². The fourth-order valence-corrected chi connectivity index (χ4v) is 4.30. The van der Waals surface area contributed by atoms with Gasteiger partial charge in [-0.3, -0.25) is 4.79 Å². The highest BCUT2D eigenvalue weighted by molar-refractivity contribution is 5.70. The summed E-state index contributed by atoms with van der Waals surface area (Å²) in [5.74, 6) is 2.43. The Morgan fingerprint density at radius 1 is 1.07 bits per heavy atom. The molecule has 5 nitrogen and oxygen atoms in total. The van der Waals surface area contributed by atoms with E-state index in [0.717, 1.165) is 56.3 Å². The van der Waals surface area contributed by atoms with Crippen LogP contribution < -0.4 is 9.47 Å². The van der Waals surface area contributed by atoms with Crippen LogP contribution in [0.5, 0.6) is 17.2 Å². The highest BCUT2D eigenvalue weighted by atomic mass is 16.6. The lowest BCUT2D eigenvalue weighted by Crippen LogP contribution is -2.44. The summed E-state index contributed by atoms with van der Waals surface area (Å²) < 4.78 is 17.5. The van der Waals surface area contributed by atoms with Gasteiger partial charge >= 0.3 is 5.97 Å². The summed E-state index contributed by atoms with van der Waals surface area (Å²) in [5, 5.41) is 0. The number of rotatable bonds is 5. The average molecular weight is 410 g/mol. The fraction of sp³-hybridized carbons (Fsp3) is 0.480. The van der Waals surface area contributed by atoms with Crippen molar-refractivity contribution in [1.29, 1.82) is 0 Å². The second kappa shape index (κ2) is 8.31. The Kier molecular flexibility index (Phi) is 5.74. The van der Waals surface area contributed by atoms with Gasteiger partial charge in [0.2, 0.25) is 0 Å². The van der Waals surface area contributed by atoms with Gasteiger partial charge in [0.05, 0.1) is 13.0 Å². The lowest BCUT2D eigenvalue weighted by Gasteiger charge is -2.38. The number of esters is 1. The number of benzene rings is 2. The maximum Gasteiger partial charge on any atom is 0.307 e. The molecule has 30 heavy (non-hydrogen) atoms. The molecule has 2 aromatic carbocycles. The van der Waals surface area contributed by atoms with Crippen molar-refractivity contribution in [2.75, 3.05) is 26.2 Å². The van der Waals surface area contributed by atoms with Crippen LogP contribution in [0.25, 0.3) is 0 Å². The molecular formula is C25H31NO4. The Hall–Kier alpha value is -2.53. The predicted molar refractivity (Wildman–Crippen MR) is 116 cm³/mol. The Labute approximate surface area is 178 Å². The van der Waals surface area contributed by atoms with Crippen LogP contribution in [-0.4, -0.2) is 42.7 Å². The van der Waals surface area contributed by atoms with E-state index in [0.29, 0.717) is 6.42 Å². The first-order valence-corrected chi connectivity index (χ1v) is 10.8. The zero-order chi connectivity index (χ0) is 21.2. The minimum Gasteiger partial charge on any atom is -0.492 e. The third-order valence-corrected chi connectivity index (χ3v) is 5.87. The molecule has 0 atom stereocenters. The Morgan fingerprint density at radius 3 is 2.50 bits per heavy atom. The smallest absolute Gasteiger partial charge is 0.307 e. The van der Waals surface area contributed by atoms with Gasteiger partial charge in [0.15, 0.2) is 0 Å². The molecule has 0 aliphatic carbocycles. The summed E-state index contributed by atoms with van der Waals surface area (Å²) in [6.07, 6.45) is 2.51. The largest absolute Gasteiger partial charge is 0.492 e. The maximum atomic E-state index is 12.0.